The van der Waals surface area contributed by atoms with Gasteiger partial charge in [-0.25, -0.2) is 0 Å². The molecule has 1 fully saturated rings. The van der Waals surface area contributed by atoms with Crippen LogP contribution >= 0.6 is 11.6 Å². The van der Waals surface area contributed by atoms with Gasteiger partial charge in [-0.1, -0.05) is 11.6 Å². The van der Waals surface area contributed by atoms with Gasteiger partial charge in [0.25, 0.3) is 11.8 Å². The molecule has 0 spiro atoms. The van der Waals surface area contributed by atoms with E-state index in [-0.39, 0.29) is 23.9 Å². The Labute approximate surface area is 182 Å². The fraction of sp³-hybridized carbons (Fsp3) is 0.391. The Balaban J connectivity index is 1.64. The van der Waals surface area contributed by atoms with E-state index in [4.69, 9.17) is 21.1 Å². The summed E-state index contributed by atoms with van der Waals surface area (Å²) in [6.45, 7) is 4.88. The molecule has 6 nitrogen and oxygen atoms in total. The van der Waals surface area contributed by atoms with Crippen LogP contribution < -0.4 is 14.8 Å². The Morgan fingerprint density at radius 2 is 1.93 bits per heavy atom. The van der Waals surface area contributed by atoms with Gasteiger partial charge in [0, 0.05) is 23.2 Å². The number of ether oxygens (including phenoxy) is 2. The van der Waals surface area contributed by atoms with Crippen molar-refractivity contribution in [3.05, 3.63) is 58.6 Å². The van der Waals surface area contributed by atoms with Crippen LogP contribution in [0.5, 0.6) is 11.5 Å². The molecule has 30 heavy (non-hydrogen) atoms. The normalized spacial score (nSPS) is 15.9. The highest BCUT2D eigenvalue weighted by molar-refractivity contribution is 6.31. The maximum atomic E-state index is 13.1. The fourth-order valence-corrected chi connectivity index (χ4v) is 3.69. The van der Waals surface area contributed by atoms with Gasteiger partial charge in [-0.2, -0.15) is 0 Å². The average molecular weight is 431 g/mol. The highest BCUT2D eigenvalue weighted by Crippen LogP contribution is 2.28. The molecule has 0 aromatic heterocycles. The van der Waals surface area contributed by atoms with Crippen molar-refractivity contribution in [2.24, 2.45) is 0 Å². The summed E-state index contributed by atoms with van der Waals surface area (Å²) in [4.78, 5) is 27.0. The number of carbonyl (C=O) groups is 2. The molecule has 7 heteroatoms. The Hall–Kier alpha value is -2.73. The van der Waals surface area contributed by atoms with E-state index in [0.29, 0.717) is 40.8 Å². The van der Waals surface area contributed by atoms with Crippen LogP contribution in [0, 0.1) is 0 Å². The molecule has 160 valence electrons. The van der Waals surface area contributed by atoms with Gasteiger partial charge in [0.15, 0.2) is 0 Å². The zero-order valence-corrected chi connectivity index (χ0v) is 18.2. The monoisotopic (exact) mass is 430 g/mol. The smallest absolute Gasteiger partial charge is 0.258 e. The number of methoxy groups -OCH3 is 1. The van der Waals surface area contributed by atoms with Crippen molar-refractivity contribution in [2.45, 2.75) is 38.8 Å². The Morgan fingerprint density at radius 1 is 1.20 bits per heavy atom. The van der Waals surface area contributed by atoms with Crippen molar-refractivity contribution >= 4 is 23.4 Å². The molecule has 0 bridgehead atoms. The largest absolute Gasteiger partial charge is 0.496 e. The van der Waals surface area contributed by atoms with Crippen LogP contribution in [0.15, 0.2) is 42.5 Å². The van der Waals surface area contributed by atoms with Gasteiger partial charge in [0.1, 0.15) is 18.1 Å². The van der Waals surface area contributed by atoms with Crippen molar-refractivity contribution < 1.29 is 19.1 Å². The highest BCUT2D eigenvalue weighted by Gasteiger charge is 2.31. The second-order valence-electron chi connectivity index (χ2n) is 7.60. The first-order valence-corrected chi connectivity index (χ1v) is 10.4. The first kappa shape index (κ1) is 22.0. The van der Waals surface area contributed by atoms with Crippen LogP contribution in [0.1, 0.15) is 47.4 Å². The topological polar surface area (TPSA) is 67.9 Å². The zero-order chi connectivity index (χ0) is 21.7. The van der Waals surface area contributed by atoms with Gasteiger partial charge >= 0.3 is 0 Å². The van der Waals surface area contributed by atoms with E-state index >= 15 is 0 Å². The second-order valence-corrected chi connectivity index (χ2v) is 8.04. The van der Waals surface area contributed by atoms with Gasteiger partial charge in [0.05, 0.1) is 18.7 Å². The number of hydrogen-bond acceptors (Lipinski definition) is 4. The molecule has 0 aliphatic carbocycles. The van der Waals surface area contributed by atoms with E-state index in [9.17, 15) is 9.59 Å². The standard InChI is InChI=1S/C23H27ClN2O4/c1-15(2)25-22(27)16-6-9-19(10-7-16)30-14-18-5-4-12-26(18)23(28)20-13-17(24)8-11-21(20)29-3/h6-11,13,15,18H,4-5,12,14H2,1-3H3,(H,25,27). The summed E-state index contributed by atoms with van der Waals surface area (Å²) in [6, 6.07) is 12.1. The molecule has 1 aliphatic heterocycles. The van der Waals surface area contributed by atoms with Crippen LogP contribution in [0.25, 0.3) is 0 Å². The molecule has 1 saturated heterocycles. The highest BCUT2D eigenvalue weighted by atomic mass is 35.5. The van der Waals surface area contributed by atoms with E-state index in [1.54, 1.807) is 42.5 Å². The first-order chi connectivity index (χ1) is 14.4. The number of halogens is 1. The summed E-state index contributed by atoms with van der Waals surface area (Å²) in [7, 11) is 1.54. The number of nitrogens with zero attached hydrogens (tertiary/aromatic N) is 1. The predicted molar refractivity (Wildman–Crippen MR) is 117 cm³/mol. The second kappa shape index (κ2) is 9.85. The van der Waals surface area contributed by atoms with Crippen LogP contribution in [0.4, 0.5) is 0 Å². The average Bonchev–Trinajstić information content (AvgIpc) is 3.20. The van der Waals surface area contributed by atoms with Gasteiger partial charge in [-0.3, -0.25) is 9.59 Å². The molecule has 2 aromatic carbocycles. The van der Waals surface area contributed by atoms with E-state index in [1.807, 2.05) is 18.7 Å². The van der Waals surface area contributed by atoms with Crippen LogP contribution in [-0.4, -0.2) is 49.1 Å². The van der Waals surface area contributed by atoms with Crippen molar-refractivity contribution in [1.82, 2.24) is 10.2 Å². The number of benzene rings is 2. The summed E-state index contributed by atoms with van der Waals surface area (Å²) in [5, 5.41) is 3.35. The maximum absolute atomic E-state index is 13.1. The summed E-state index contributed by atoms with van der Waals surface area (Å²) in [6.07, 6.45) is 1.78. The van der Waals surface area contributed by atoms with E-state index in [0.717, 1.165) is 12.8 Å². The van der Waals surface area contributed by atoms with Gasteiger partial charge in [0.2, 0.25) is 0 Å². The molecule has 2 aromatic rings. The van der Waals surface area contributed by atoms with Crippen molar-refractivity contribution in [1.29, 1.82) is 0 Å². The number of rotatable bonds is 7. The van der Waals surface area contributed by atoms with Crippen molar-refractivity contribution in [3.63, 3.8) is 0 Å². The molecule has 1 aliphatic rings. The maximum Gasteiger partial charge on any atom is 0.258 e. The molecule has 2 amide bonds. The Bertz CT molecular complexity index is 899. The molecule has 1 atom stereocenters. The third-order valence-electron chi connectivity index (χ3n) is 5.01. The summed E-state index contributed by atoms with van der Waals surface area (Å²) in [5.74, 6) is 0.947. The molecular weight excluding hydrogens is 404 g/mol. The Kier molecular flexibility index (Phi) is 7.21. The number of carbonyl (C=O) groups excluding carboxylic acids is 2. The van der Waals surface area contributed by atoms with Gasteiger partial charge in [-0.05, 0) is 69.2 Å². The molecule has 3 rings (SSSR count). The van der Waals surface area contributed by atoms with Crippen molar-refractivity contribution in [3.8, 4) is 11.5 Å². The SMILES string of the molecule is COc1ccc(Cl)cc1C(=O)N1CCCC1COc1ccc(C(=O)NC(C)C)cc1. The lowest BCUT2D eigenvalue weighted by Crippen LogP contribution is -2.39. The lowest BCUT2D eigenvalue weighted by molar-refractivity contribution is 0.0688. The quantitative estimate of drug-likeness (QED) is 0.715. The van der Waals surface area contributed by atoms with Crippen LogP contribution in [0.2, 0.25) is 5.02 Å². The lowest BCUT2D eigenvalue weighted by Gasteiger charge is -2.25. The third kappa shape index (κ3) is 5.25. The molecule has 0 saturated carbocycles. The minimum absolute atomic E-state index is 0.0369. The van der Waals surface area contributed by atoms with Crippen molar-refractivity contribution in [2.75, 3.05) is 20.3 Å². The van der Waals surface area contributed by atoms with E-state index in [1.165, 1.54) is 7.11 Å². The van der Waals surface area contributed by atoms with Gasteiger partial charge < -0.3 is 19.7 Å². The number of likely N-dealkylation sites (tertiary alicyclic amines) is 1. The molecule has 1 unspecified atom stereocenters. The Morgan fingerprint density at radius 3 is 2.60 bits per heavy atom. The number of hydrogen-bond donors (Lipinski definition) is 1. The number of nitrogens with one attached hydrogen (secondary N) is 1. The van der Waals surface area contributed by atoms with E-state index < -0.39 is 0 Å². The summed E-state index contributed by atoms with van der Waals surface area (Å²) < 4.78 is 11.2. The minimum atomic E-state index is -0.111. The molecule has 1 N–H and O–H groups in total. The van der Waals surface area contributed by atoms with Crippen LogP contribution in [0.3, 0.4) is 0 Å². The summed E-state index contributed by atoms with van der Waals surface area (Å²) in [5.41, 5.74) is 1.04. The molecular formula is C23H27ClN2O4. The fourth-order valence-electron chi connectivity index (χ4n) is 3.52. The van der Waals surface area contributed by atoms with Gasteiger partial charge in [-0.15, -0.1) is 0 Å². The molecule has 1 heterocycles. The minimum Gasteiger partial charge on any atom is -0.496 e. The third-order valence-corrected chi connectivity index (χ3v) is 5.24. The van der Waals surface area contributed by atoms with Crippen LogP contribution in [-0.2, 0) is 0 Å². The summed E-state index contributed by atoms with van der Waals surface area (Å²) >= 11 is 6.09. The predicted octanol–water partition coefficient (Wildman–Crippen LogP) is 4.17. The lowest BCUT2D eigenvalue weighted by atomic mass is 10.1. The first-order valence-electron chi connectivity index (χ1n) is 10.1. The van der Waals surface area contributed by atoms with E-state index in [2.05, 4.69) is 5.32 Å². The number of amides is 2. The zero-order valence-electron chi connectivity index (χ0n) is 17.5. The molecule has 0 radical (unpaired) electrons.